The number of methoxy groups -OCH3 is 1. The smallest absolute Gasteiger partial charge is 0.163 e. The Labute approximate surface area is 119 Å². The van der Waals surface area contributed by atoms with E-state index in [0.717, 1.165) is 5.56 Å². The van der Waals surface area contributed by atoms with Crippen molar-refractivity contribution < 1.29 is 18.7 Å². The van der Waals surface area contributed by atoms with Gasteiger partial charge in [-0.15, -0.1) is 0 Å². The summed E-state index contributed by atoms with van der Waals surface area (Å²) >= 11 is 2.22. The summed E-state index contributed by atoms with van der Waals surface area (Å²) in [5, 5.41) is 0. The van der Waals surface area contributed by atoms with Crippen molar-refractivity contribution in [3.63, 3.8) is 0 Å². The molecule has 1 atom stereocenters. The molecule has 0 radical (unpaired) electrons. The van der Waals surface area contributed by atoms with Gasteiger partial charge in [-0.3, -0.25) is 4.79 Å². The van der Waals surface area contributed by atoms with Gasteiger partial charge in [-0.25, -0.2) is 4.39 Å². The SMILES string of the molecule is COCC1(CI)Cc2cc(F)cc(C(C)=O)c2O1. The number of hydrogen-bond donors (Lipinski definition) is 0. The van der Waals surface area contributed by atoms with Gasteiger partial charge in [0, 0.05) is 23.5 Å². The zero-order valence-corrected chi connectivity index (χ0v) is 12.4. The number of carbonyl (C=O) groups is 1. The van der Waals surface area contributed by atoms with E-state index in [9.17, 15) is 9.18 Å². The molecule has 1 aromatic rings. The third kappa shape index (κ3) is 2.38. The fraction of sp³-hybridized carbons (Fsp3) is 0.462. The highest BCUT2D eigenvalue weighted by atomic mass is 127. The summed E-state index contributed by atoms with van der Waals surface area (Å²) in [4.78, 5) is 11.5. The van der Waals surface area contributed by atoms with Crippen LogP contribution in [0.15, 0.2) is 12.1 Å². The van der Waals surface area contributed by atoms with Crippen LogP contribution in [0.2, 0.25) is 0 Å². The molecule has 0 saturated carbocycles. The number of rotatable bonds is 4. The van der Waals surface area contributed by atoms with E-state index in [1.54, 1.807) is 7.11 Å². The Bertz CT molecular complexity index is 489. The van der Waals surface area contributed by atoms with Crippen LogP contribution in [0, 0.1) is 5.82 Å². The number of Topliss-reactive ketones (excluding diaryl/α,β-unsaturated/α-hetero) is 1. The highest BCUT2D eigenvalue weighted by Crippen LogP contribution is 2.39. The van der Waals surface area contributed by atoms with Gasteiger partial charge >= 0.3 is 0 Å². The highest BCUT2D eigenvalue weighted by Gasteiger charge is 2.40. The summed E-state index contributed by atoms with van der Waals surface area (Å²) in [5.41, 5.74) is 0.567. The summed E-state index contributed by atoms with van der Waals surface area (Å²) in [7, 11) is 1.60. The van der Waals surface area contributed by atoms with Crippen molar-refractivity contribution in [2.45, 2.75) is 18.9 Å². The molecule has 0 aromatic heterocycles. The van der Waals surface area contributed by atoms with Gasteiger partial charge in [0.1, 0.15) is 17.2 Å². The molecule has 0 spiro atoms. The van der Waals surface area contributed by atoms with E-state index in [1.807, 2.05) is 0 Å². The lowest BCUT2D eigenvalue weighted by atomic mass is 9.98. The minimum absolute atomic E-state index is 0.188. The van der Waals surface area contributed by atoms with E-state index in [1.165, 1.54) is 19.1 Å². The standard InChI is InChI=1S/C13H14FIO3/c1-8(16)11-4-10(14)3-9-5-13(6-15,7-17-2)18-12(9)11/h3-4H,5-7H2,1-2H3. The van der Waals surface area contributed by atoms with Gasteiger partial charge in [-0.2, -0.15) is 0 Å². The Balaban J connectivity index is 2.45. The molecule has 5 heteroatoms. The van der Waals surface area contributed by atoms with Crippen molar-refractivity contribution >= 4 is 28.4 Å². The van der Waals surface area contributed by atoms with Crippen LogP contribution in [0.1, 0.15) is 22.8 Å². The van der Waals surface area contributed by atoms with Gasteiger partial charge in [0.2, 0.25) is 0 Å². The van der Waals surface area contributed by atoms with E-state index in [0.29, 0.717) is 28.8 Å². The molecule has 0 amide bonds. The number of ketones is 1. The van der Waals surface area contributed by atoms with Crippen molar-refractivity contribution in [2.75, 3.05) is 18.1 Å². The fourth-order valence-corrected chi connectivity index (χ4v) is 2.87. The van der Waals surface area contributed by atoms with Crippen molar-refractivity contribution in [3.8, 4) is 5.75 Å². The summed E-state index contributed by atoms with van der Waals surface area (Å²) in [6.45, 7) is 1.84. The average Bonchev–Trinajstić information content (AvgIpc) is 2.67. The predicted molar refractivity (Wildman–Crippen MR) is 74.2 cm³/mol. The first-order valence-electron chi connectivity index (χ1n) is 5.58. The normalized spacial score (nSPS) is 21.6. The lowest BCUT2D eigenvalue weighted by molar-refractivity contribution is 0.0258. The van der Waals surface area contributed by atoms with Crippen LogP contribution in [0.4, 0.5) is 4.39 Å². The minimum atomic E-state index is -0.490. The Morgan fingerprint density at radius 1 is 1.61 bits per heavy atom. The number of fused-ring (bicyclic) bond motifs is 1. The number of benzene rings is 1. The van der Waals surface area contributed by atoms with Crippen LogP contribution in [0.5, 0.6) is 5.75 Å². The van der Waals surface area contributed by atoms with Crippen LogP contribution in [-0.2, 0) is 11.2 Å². The average molecular weight is 364 g/mol. The van der Waals surface area contributed by atoms with Crippen molar-refractivity contribution in [1.82, 2.24) is 0 Å². The van der Waals surface area contributed by atoms with Gasteiger partial charge in [0.15, 0.2) is 5.78 Å². The summed E-state index contributed by atoms with van der Waals surface area (Å²) in [5.74, 6) is -0.0748. The van der Waals surface area contributed by atoms with Crippen LogP contribution in [0.25, 0.3) is 0 Å². The quantitative estimate of drug-likeness (QED) is 0.468. The summed E-state index contributed by atoms with van der Waals surface area (Å²) in [6.07, 6.45) is 0.567. The first kappa shape index (κ1) is 13.7. The van der Waals surface area contributed by atoms with Gasteiger partial charge in [0.25, 0.3) is 0 Å². The van der Waals surface area contributed by atoms with Crippen LogP contribution in [0.3, 0.4) is 0 Å². The molecule has 0 bridgehead atoms. The van der Waals surface area contributed by atoms with E-state index >= 15 is 0 Å². The van der Waals surface area contributed by atoms with E-state index in [2.05, 4.69) is 22.6 Å². The second-order valence-electron chi connectivity index (χ2n) is 4.53. The molecule has 3 nitrogen and oxygen atoms in total. The molecular formula is C13H14FIO3. The van der Waals surface area contributed by atoms with Crippen LogP contribution >= 0.6 is 22.6 Å². The molecule has 98 valence electrons. The molecule has 1 aliphatic rings. The molecule has 1 unspecified atom stereocenters. The highest BCUT2D eigenvalue weighted by molar-refractivity contribution is 14.1. The van der Waals surface area contributed by atoms with Crippen LogP contribution in [-0.4, -0.2) is 29.5 Å². The second kappa shape index (κ2) is 5.13. The van der Waals surface area contributed by atoms with Crippen LogP contribution < -0.4 is 4.74 Å². The Hall–Kier alpha value is -0.690. The van der Waals surface area contributed by atoms with Gasteiger partial charge in [-0.1, -0.05) is 22.6 Å². The molecule has 18 heavy (non-hydrogen) atoms. The predicted octanol–water partition coefficient (Wildman–Crippen LogP) is 2.78. The van der Waals surface area contributed by atoms with E-state index in [-0.39, 0.29) is 5.78 Å². The van der Waals surface area contributed by atoms with Gasteiger partial charge < -0.3 is 9.47 Å². The number of ether oxygens (including phenoxy) is 2. The summed E-state index contributed by atoms with van der Waals surface area (Å²) < 4.78 is 25.3. The number of hydrogen-bond acceptors (Lipinski definition) is 3. The molecule has 0 aliphatic carbocycles. The first-order chi connectivity index (χ1) is 8.51. The molecule has 0 N–H and O–H groups in total. The molecule has 1 heterocycles. The lowest BCUT2D eigenvalue weighted by Gasteiger charge is -2.25. The van der Waals surface area contributed by atoms with Gasteiger partial charge in [0.05, 0.1) is 12.2 Å². The molecular weight excluding hydrogens is 350 g/mol. The third-order valence-electron chi connectivity index (χ3n) is 2.99. The molecule has 1 aromatic carbocycles. The maximum absolute atomic E-state index is 13.5. The molecule has 0 saturated heterocycles. The molecule has 2 rings (SSSR count). The van der Waals surface area contributed by atoms with E-state index in [4.69, 9.17) is 9.47 Å². The minimum Gasteiger partial charge on any atom is -0.483 e. The fourth-order valence-electron chi connectivity index (χ4n) is 2.22. The third-order valence-corrected chi connectivity index (χ3v) is 4.38. The first-order valence-corrected chi connectivity index (χ1v) is 7.11. The monoisotopic (exact) mass is 364 g/mol. The Morgan fingerprint density at radius 2 is 2.33 bits per heavy atom. The number of alkyl halides is 1. The Kier molecular flexibility index (Phi) is 3.91. The van der Waals surface area contributed by atoms with Crippen molar-refractivity contribution in [3.05, 3.63) is 29.1 Å². The van der Waals surface area contributed by atoms with Gasteiger partial charge in [-0.05, 0) is 19.1 Å². The largest absolute Gasteiger partial charge is 0.483 e. The molecule has 1 aliphatic heterocycles. The number of carbonyl (C=O) groups excluding carboxylic acids is 1. The van der Waals surface area contributed by atoms with Crippen molar-refractivity contribution in [2.24, 2.45) is 0 Å². The topological polar surface area (TPSA) is 35.5 Å². The number of halogens is 2. The summed E-state index contributed by atoms with van der Waals surface area (Å²) in [6, 6.07) is 2.67. The maximum atomic E-state index is 13.5. The molecule has 0 fully saturated rings. The maximum Gasteiger partial charge on any atom is 0.163 e. The Morgan fingerprint density at radius 3 is 2.89 bits per heavy atom. The van der Waals surface area contributed by atoms with E-state index < -0.39 is 11.4 Å². The second-order valence-corrected chi connectivity index (χ2v) is 5.29. The van der Waals surface area contributed by atoms with Crippen molar-refractivity contribution in [1.29, 1.82) is 0 Å². The zero-order valence-electron chi connectivity index (χ0n) is 10.3. The zero-order chi connectivity index (χ0) is 13.3. The lowest BCUT2D eigenvalue weighted by Crippen LogP contribution is -2.41.